The van der Waals surface area contributed by atoms with Crippen molar-refractivity contribution in [3.8, 4) is 11.5 Å². The monoisotopic (exact) mass is 489 g/mol. The second-order valence-corrected chi connectivity index (χ2v) is 8.93. The van der Waals surface area contributed by atoms with E-state index in [1.54, 1.807) is 6.26 Å². The molecule has 0 bridgehead atoms. The average Bonchev–Trinajstić information content (AvgIpc) is 3.39. The van der Waals surface area contributed by atoms with Gasteiger partial charge in [-0.1, -0.05) is 24.3 Å². The molecule has 4 aromatic rings. The van der Waals surface area contributed by atoms with E-state index in [0.29, 0.717) is 60.5 Å². The lowest BCUT2D eigenvalue weighted by Crippen LogP contribution is -2.41. The maximum atomic E-state index is 13.0. The topological polar surface area (TPSA) is 79.7 Å². The molecule has 0 atom stereocenters. The Bertz CT molecular complexity index is 1400. The molecule has 2 aromatic carbocycles. The number of hydrogen-bond acceptors (Lipinski definition) is 5. The Morgan fingerprint density at radius 2 is 1.86 bits per heavy atom. The molecule has 0 saturated carbocycles. The van der Waals surface area contributed by atoms with Crippen LogP contribution in [0.3, 0.4) is 0 Å². The summed E-state index contributed by atoms with van der Waals surface area (Å²) in [5.41, 5.74) is 3.68. The Balaban J connectivity index is 1.39. The van der Waals surface area contributed by atoms with Crippen LogP contribution in [-0.2, 0) is 19.5 Å². The number of furan rings is 1. The number of aryl methyl sites for hydroxylation is 1. The Hall–Kier alpha value is -3.78. The minimum Gasteiger partial charge on any atom is -0.486 e. The fourth-order valence-electron chi connectivity index (χ4n) is 4.20. The Morgan fingerprint density at radius 3 is 2.63 bits per heavy atom. The van der Waals surface area contributed by atoms with Crippen LogP contribution in [-0.4, -0.2) is 34.8 Å². The van der Waals surface area contributed by atoms with E-state index in [-0.39, 0.29) is 5.56 Å². The van der Waals surface area contributed by atoms with Crippen LogP contribution in [0.25, 0.3) is 10.9 Å². The van der Waals surface area contributed by atoms with Gasteiger partial charge in [0.1, 0.15) is 19.0 Å². The van der Waals surface area contributed by atoms with Crippen molar-refractivity contribution in [3.05, 3.63) is 93.7 Å². The minimum atomic E-state index is -0.149. The molecule has 3 heterocycles. The quantitative estimate of drug-likeness (QED) is 0.374. The van der Waals surface area contributed by atoms with Crippen molar-refractivity contribution in [2.75, 3.05) is 19.8 Å². The van der Waals surface area contributed by atoms with Crippen molar-refractivity contribution >= 4 is 28.2 Å². The number of nitrogens with zero attached hydrogens (tertiary/aromatic N) is 1. The number of nitrogens with one attached hydrogen (secondary N) is 2. The lowest BCUT2D eigenvalue weighted by atomic mass is 10.1. The van der Waals surface area contributed by atoms with E-state index >= 15 is 0 Å². The summed E-state index contributed by atoms with van der Waals surface area (Å²) in [7, 11) is 0. The van der Waals surface area contributed by atoms with Crippen molar-refractivity contribution < 1.29 is 13.9 Å². The van der Waals surface area contributed by atoms with Gasteiger partial charge in [0, 0.05) is 23.6 Å². The number of aromatic amines is 1. The predicted molar refractivity (Wildman–Crippen MR) is 139 cm³/mol. The lowest BCUT2D eigenvalue weighted by molar-refractivity contribution is 0.172. The van der Waals surface area contributed by atoms with Gasteiger partial charge in [-0.05, 0) is 61.0 Å². The van der Waals surface area contributed by atoms with E-state index in [4.69, 9.17) is 26.1 Å². The number of rotatable bonds is 7. The van der Waals surface area contributed by atoms with E-state index in [1.807, 2.05) is 47.4 Å². The maximum Gasteiger partial charge on any atom is 0.253 e. The third-order valence-corrected chi connectivity index (χ3v) is 6.54. The molecule has 1 aliphatic heterocycles. The molecule has 0 radical (unpaired) electrons. The zero-order valence-electron chi connectivity index (χ0n) is 19.5. The maximum absolute atomic E-state index is 13.0. The van der Waals surface area contributed by atoms with Crippen LogP contribution in [0.4, 0.5) is 0 Å². The van der Waals surface area contributed by atoms with Gasteiger partial charge in [0.05, 0.1) is 24.9 Å². The summed E-state index contributed by atoms with van der Waals surface area (Å²) in [5.74, 6) is 2.13. The lowest BCUT2D eigenvalue weighted by Gasteiger charge is -2.26. The number of thiocarbonyl (C=S) groups is 1. The number of benzene rings is 2. The van der Waals surface area contributed by atoms with Crippen LogP contribution in [0.5, 0.6) is 11.5 Å². The highest BCUT2D eigenvalue weighted by Gasteiger charge is 2.17. The van der Waals surface area contributed by atoms with Gasteiger partial charge in [-0.25, -0.2) is 0 Å². The van der Waals surface area contributed by atoms with Crippen LogP contribution in [0.1, 0.15) is 22.5 Å². The zero-order valence-corrected chi connectivity index (χ0v) is 20.3. The molecular formula is C27H27N3O4S. The number of H-pyrrole nitrogens is 1. The third kappa shape index (κ3) is 5.33. The van der Waals surface area contributed by atoms with E-state index in [1.165, 1.54) is 11.1 Å². The van der Waals surface area contributed by atoms with Gasteiger partial charge in [0.15, 0.2) is 16.6 Å². The fraction of sp³-hybridized carbons (Fsp3) is 0.259. The first-order chi connectivity index (χ1) is 17.1. The highest BCUT2D eigenvalue weighted by Crippen LogP contribution is 2.33. The largest absolute Gasteiger partial charge is 0.486 e. The summed E-state index contributed by atoms with van der Waals surface area (Å²) in [5, 5.41) is 4.72. The first-order valence-corrected chi connectivity index (χ1v) is 12.0. The van der Waals surface area contributed by atoms with Gasteiger partial charge in [0.2, 0.25) is 0 Å². The molecule has 180 valence electrons. The number of fused-ring (bicyclic) bond motifs is 2. The standard InChI is InChI=1S/C27H27N3O4S/c1-18-5-2-3-6-19(18)8-9-30(27(35)28-16-22-7-4-10-32-22)17-21-13-20-14-24-25(34-12-11-33-24)15-23(20)29-26(21)31/h2-7,10,13-15H,8-9,11-12,16-17H2,1H3,(H,28,35)(H,29,31). The number of aromatic nitrogens is 1. The van der Waals surface area contributed by atoms with E-state index < -0.39 is 0 Å². The molecule has 1 aliphatic rings. The molecule has 35 heavy (non-hydrogen) atoms. The molecule has 0 saturated heterocycles. The zero-order chi connectivity index (χ0) is 24.2. The molecule has 0 aliphatic carbocycles. The highest BCUT2D eigenvalue weighted by molar-refractivity contribution is 7.80. The summed E-state index contributed by atoms with van der Waals surface area (Å²) in [6.45, 7) is 4.62. The van der Waals surface area contributed by atoms with Crippen molar-refractivity contribution in [2.45, 2.75) is 26.4 Å². The second kappa shape index (κ2) is 10.2. The molecule has 0 unspecified atom stereocenters. The molecule has 5 rings (SSSR count). The summed E-state index contributed by atoms with van der Waals surface area (Å²) < 4.78 is 16.8. The predicted octanol–water partition coefficient (Wildman–Crippen LogP) is 4.32. The summed E-state index contributed by atoms with van der Waals surface area (Å²) >= 11 is 5.74. The fourth-order valence-corrected chi connectivity index (χ4v) is 4.43. The minimum absolute atomic E-state index is 0.149. The van der Waals surface area contributed by atoms with Crippen molar-refractivity contribution in [1.29, 1.82) is 0 Å². The van der Waals surface area contributed by atoms with E-state index in [2.05, 4.69) is 29.4 Å². The number of ether oxygens (including phenoxy) is 2. The summed E-state index contributed by atoms with van der Waals surface area (Å²) in [6, 6.07) is 17.7. The Labute approximate surface area is 208 Å². The smallest absolute Gasteiger partial charge is 0.253 e. The van der Waals surface area contributed by atoms with Crippen molar-refractivity contribution in [3.63, 3.8) is 0 Å². The van der Waals surface area contributed by atoms with Gasteiger partial charge in [-0.15, -0.1) is 0 Å². The third-order valence-electron chi connectivity index (χ3n) is 6.14. The van der Waals surface area contributed by atoms with Crippen LogP contribution in [0, 0.1) is 6.92 Å². The molecule has 2 aromatic heterocycles. The van der Waals surface area contributed by atoms with Gasteiger partial charge < -0.3 is 29.1 Å². The molecule has 2 N–H and O–H groups in total. The first-order valence-electron chi connectivity index (χ1n) is 11.6. The first kappa shape index (κ1) is 23.0. The van der Waals surface area contributed by atoms with Crippen LogP contribution < -0.4 is 20.3 Å². The summed E-state index contributed by atoms with van der Waals surface area (Å²) in [6.07, 6.45) is 2.44. The van der Waals surface area contributed by atoms with Gasteiger partial charge >= 0.3 is 0 Å². The van der Waals surface area contributed by atoms with Crippen LogP contribution in [0.2, 0.25) is 0 Å². The average molecular weight is 490 g/mol. The van der Waals surface area contributed by atoms with Crippen molar-refractivity contribution in [2.24, 2.45) is 0 Å². The molecule has 0 amide bonds. The normalized spacial score (nSPS) is 12.5. The van der Waals surface area contributed by atoms with Gasteiger partial charge in [0.25, 0.3) is 5.56 Å². The van der Waals surface area contributed by atoms with E-state index in [9.17, 15) is 4.79 Å². The Morgan fingerprint density at radius 1 is 1.06 bits per heavy atom. The van der Waals surface area contributed by atoms with Gasteiger partial charge in [-0.2, -0.15) is 0 Å². The molecular weight excluding hydrogens is 462 g/mol. The number of hydrogen-bond donors (Lipinski definition) is 2. The van der Waals surface area contributed by atoms with Gasteiger partial charge in [-0.3, -0.25) is 4.79 Å². The molecule has 0 fully saturated rings. The summed E-state index contributed by atoms with van der Waals surface area (Å²) in [4.78, 5) is 18.0. The molecule has 7 nitrogen and oxygen atoms in total. The van der Waals surface area contributed by atoms with Crippen LogP contribution in [0.15, 0.2) is 70.1 Å². The molecule has 0 spiro atoms. The van der Waals surface area contributed by atoms with Crippen molar-refractivity contribution in [1.82, 2.24) is 15.2 Å². The highest BCUT2D eigenvalue weighted by atomic mass is 32.1. The SMILES string of the molecule is Cc1ccccc1CCN(Cc1cc2cc3c(cc2[nH]c1=O)OCCO3)C(=S)NCc1ccco1. The number of pyridine rings is 1. The van der Waals surface area contributed by atoms with E-state index in [0.717, 1.165) is 17.6 Å². The second-order valence-electron chi connectivity index (χ2n) is 8.54. The molecule has 8 heteroatoms. The van der Waals surface area contributed by atoms with Crippen LogP contribution >= 0.6 is 12.2 Å². The Kier molecular flexibility index (Phi) is 6.72.